The van der Waals surface area contributed by atoms with Gasteiger partial charge in [-0.25, -0.2) is 9.48 Å². The summed E-state index contributed by atoms with van der Waals surface area (Å²) in [4.78, 5) is 25.4. The van der Waals surface area contributed by atoms with E-state index in [9.17, 15) is 9.59 Å². The fraction of sp³-hybridized carbons (Fsp3) is 0.529. The molecule has 1 saturated heterocycles. The van der Waals surface area contributed by atoms with Gasteiger partial charge in [0.15, 0.2) is 5.69 Å². The molecule has 0 saturated carbocycles. The number of amides is 1. The lowest BCUT2D eigenvalue weighted by Gasteiger charge is -2.37. The monoisotopic (exact) mass is 346 g/mol. The molecule has 1 aliphatic heterocycles. The van der Waals surface area contributed by atoms with Crippen molar-refractivity contribution < 1.29 is 19.1 Å². The van der Waals surface area contributed by atoms with E-state index in [1.54, 1.807) is 4.90 Å². The highest BCUT2D eigenvalue weighted by molar-refractivity contribution is 5.84. The lowest BCUT2D eigenvalue weighted by Crippen LogP contribution is -2.42. The van der Waals surface area contributed by atoms with Crippen molar-refractivity contribution in [2.75, 3.05) is 6.54 Å². The average Bonchev–Trinajstić information content (AvgIpc) is 3.23. The summed E-state index contributed by atoms with van der Waals surface area (Å²) in [6, 6.07) is 3.80. The minimum Gasteiger partial charge on any atom is -0.476 e. The Bertz CT molecular complexity index is 766. The number of nitrogens with zero attached hydrogens (tertiary/aromatic N) is 4. The molecule has 8 heteroatoms. The summed E-state index contributed by atoms with van der Waals surface area (Å²) < 4.78 is 7.14. The van der Waals surface area contributed by atoms with Gasteiger partial charge in [-0.1, -0.05) is 19.1 Å². The third kappa shape index (κ3) is 3.72. The van der Waals surface area contributed by atoms with Gasteiger partial charge in [0.1, 0.15) is 18.1 Å². The smallest absolute Gasteiger partial charge is 0.358 e. The summed E-state index contributed by atoms with van der Waals surface area (Å²) in [6.07, 6.45) is 3.86. The number of piperidine rings is 1. The lowest BCUT2D eigenvalue weighted by atomic mass is 9.91. The lowest BCUT2D eigenvalue weighted by molar-refractivity contribution is -0.137. The molecule has 25 heavy (non-hydrogen) atoms. The number of rotatable bonds is 5. The summed E-state index contributed by atoms with van der Waals surface area (Å²) in [7, 11) is 0. The maximum atomic E-state index is 12.8. The maximum Gasteiger partial charge on any atom is 0.358 e. The average molecular weight is 346 g/mol. The highest BCUT2D eigenvalue weighted by atomic mass is 16.4. The van der Waals surface area contributed by atoms with E-state index in [0.29, 0.717) is 12.5 Å². The van der Waals surface area contributed by atoms with Gasteiger partial charge in [-0.15, -0.1) is 5.10 Å². The van der Waals surface area contributed by atoms with Crippen molar-refractivity contribution in [2.45, 2.75) is 45.7 Å². The second-order valence-corrected chi connectivity index (χ2v) is 6.50. The number of carboxylic acid groups (broad SMARTS) is 1. The molecule has 0 aromatic carbocycles. The zero-order valence-electron chi connectivity index (χ0n) is 14.4. The minimum atomic E-state index is -1.16. The Morgan fingerprint density at radius 2 is 2.20 bits per heavy atom. The normalized spacial score (nSPS) is 20.6. The summed E-state index contributed by atoms with van der Waals surface area (Å²) in [5.74, 6) is 0.943. The van der Waals surface area contributed by atoms with Gasteiger partial charge in [-0.3, -0.25) is 4.79 Å². The van der Waals surface area contributed by atoms with Gasteiger partial charge in [0.05, 0.1) is 12.2 Å². The Morgan fingerprint density at radius 1 is 1.40 bits per heavy atom. The second-order valence-electron chi connectivity index (χ2n) is 6.50. The first-order chi connectivity index (χ1) is 12.0. The molecular formula is C17H22N4O4. The van der Waals surface area contributed by atoms with Crippen LogP contribution in [0.3, 0.4) is 0 Å². The molecule has 1 N–H and O–H groups in total. The summed E-state index contributed by atoms with van der Waals surface area (Å²) in [5, 5.41) is 16.2. The van der Waals surface area contributed by atoms with E-state index >= 15 is 0 Å². The van der Waals surface area contributed by atoms with Gasteiger partial charge in [-0.05, 0) is 30.9 Å². The number of carbonyl (C=O) groups is 2. The van der Waals surface area contributed by atoms with Crippen molar-refractivity contribution in [1.29, 1.82) is 0 Å². The Balaban J connectivity index is 1.76. The van der Waals surface area contributed by atoms with E-state index in [1.165, 1.54) is 10.9 Å². The molecule has 1 amide bonds. The molecule has 2 atom stereocenters. The maximum absolute atomic E-state index is 12.8. The van der Waals surface area contributed by atoms with Crippen molar-refractivity contribution in [3.05, 3.63) is 35.5 Å². The predicted molar refractivity (Wildman–Crippen MR) is 87.9 cm³/mol. The molecule has 3 rings (SSSR count). The number of aryl methyl sites for hydroxylation is 1. The Kier molecular flexibility index (Phi) is 4.87. The molecule has 134 valence electrons. The van der Waals surface area contributed by atoms with Crippen LogP contribution in [0.25, 0.3) is 0 Å². The van der Waals surface area contributed by atoms with Crippen LogP contribution in [-0.2, 0) is 17.8 Å². The van der Waals surface area contributed by atoms with Crippen molar-refractivity contribution in [1.82, 2.24) is 19.9 Å². The first-order valence-electron chi connectivity index (χ1n) is 8.49. The summed E-state index contributed by atoms with van der Waals surface area (Å²) in [5.41, 5.74) is -0.171. The topological polar surface area (TPSA) is 101 Å². The van der Waals surface area contributed by atoms with E-state index in [-0.39, 0.29) is 24.2 Å². The molecule has 0 bridgehead atoms. The molecule has 8 nitrogen and oxygen atoms in total. The van der Waals surface area contributed by atoms with E-state index < -0.39 is 5.97 Å². The third-order valence-electron chi connectivity index (χ3n) is 4.60. The molecule has 2 aromatic heterocycles. The minimum absolute atomic E-state index is 0.0352. The Labute approximate surface area is 145 Å². The van der Waals surface area contributed by atoms with Crippen molar-refractivity contribution in [3.8, 4) is 0 Å². The molecule has 1 fully saturated rings. The number of likely N-dealkylation sites (tertiary alicyclic amines) is 1. The molecule has 3 heterocycles. The predicted octanol–water partition coefficient (Wildman–Crippen LogP) is 2.13. The van der Waals surface area contributed by atoms with Crippen molar-refractivity contribution in [3.63, 3.8) is 0 Å². The highest BCUT2D eigenvalue weighted by Crippen LogP contribution is 2.35. The molecule has 0 spiro atoms. The fourth-order valence-corrected chi connectivity index (χ4v) is 3.18. The quantitative estimate of drug-likeness (QED) is 0.890. The van der Waals surface area contributed by atoms with E-state index in [2.05, 4.69) is 17.2 Å². The van der Waals surface area contributed by atoms with E-state index in [1.807, 2.05) is 19.1 Å². The van der Waals surface area contributed by atoms with Crippen LogP contribution < -0.4 is 0 Å². The zero-order chi connectivity index (χ0) is 18.0. The number of hydrogen-bond donors (Lipinski definition) is 1. The van der Waals surface area contributed by atoms with Crippen LogP contribution in [0.4, 0.5) is 0 Å². The highest BCUT2D eigenvalue weighted by Gasteiger charge is 2.33. The van der Waals surface area contributed by atoms with Gasteiger partial charge >= 0.3 is 5.97 Å². The first kappa shape index (κ1) is 17.2. The summed E-state index contributed by atoms with van der Waals surface area (Å²) in [6.45, 7) is 4.81. The first-order valence-corrected chi connectivity index (χ1v) is 8.49. The fourth-order valence-electron chi connectivity index (χ4n) is 3.18. The molecule has 0 radical (unpaired) electrons. The van der Waals surface area contributed by atoms with Crippen LogP contribution in [-0.4, -0.2) is 43.4 Å². The number of furan rings is 1. The number of carboxylic acids is 1. The van der Waals surface area contributed by atoms with Gasteiger partial charge in [-0.2, -0.15) is 0 Å². The standard InChI is InChI=1S/C17H22N4O4/c1-3-12-4-5-15(25-12)14-8-11(2)6-7-21(14)16(22)10-20-9-13(17(23)24)18-19-20/h4-5,9,11,14H,3,6-8,10H2,1-2H3,(H,23,24)/t11-,14-/m1/s1. The number of hydrogen-bond acceptors (Lipinski definition) is 5. The van der Waals surface area contributed by atoms with Gasteiger partial charge in [0.25, 0.3) is 0 Å². The molecule has 2 aromatic rings. The largest absolute Gasteiger partial charge is 0.476 e. The molecule has 0 unspecified atom stereocenters. The van der Waals surface area contributed by atoms with Crippen molar-refractivity contribution >= 4 is 11.9 Å². The second kappa shape index (κ2) is 7.08. The van der Waals surface area contributed by atoms with Gasteiger partial charge < -0.3 is 14.4 Å². The van der Waals surface area contributed by atoms with Gasteiger partial charge in [0, 0.05) is 13.0 Å². The third-order valence-corrected chi connectivity index (χ3v) is 4.60. The van der Waals surface area contributed by atoms with Crippen LogP contribution in [0, 0.1) is 5.92 Å². The van der Waals surface area contributed by atoms with Crippen LogP contribution in [0.15, 0.2) is 22.7 Å². The van der Waals surface area contributed by atoms with Crippen LogP contribution in [0.1, 0.15) is 54.7 Å². The van der Waals surface area contributed by atoms with Gasteiger partial charge in [0.2, 0.25) is 5.91 Å². The summed E-state index contributed by atoms with van der Waals surface area (Å²) >= 11 is 0. The van der Waals surface area contributed by atoms with E-state index in [4.69, 9.17) is 9.52 Å². The Hall–Kier alpha value is -2.64. The molecule has 0 aliphatic carbocycles. The van der Waals surface area contributed by atoms with Crippen molar-refractivity contribution in [2.24, 2.45) is 5.92 Å². The number of aromatic carboxylic acids is 1. The van der Waals surface area contributed by atoms with E-state index in [0.717, 1.165) is 30.8 Å². The van der Waals surface area contributed by atoms with Crippen LogP contribution in [0.2, 0.25) is 0 Å². The molecule has 1 aliphatic rings. The number of carbonyl (C=O) groups excluding carboxylic acids is 1. The zero-order valence-corrected chi connectivity index (χ0v) is 14.4. The Morgan fingerprint density at radius 3 is 2.84 bits per heavy atom. The number of aromatic nitrogens is 3. The van der Waals surface area contributed by atoms with Crippen LogP contribution >= 0.6 is 0 Å². The molecular weight excluding hydrogens is 324 g/mol. The van der Waals surface area contributed by atoms with Crippen LogP contribution in [0.5, 0.6) is 0 Å². The SMILES string of the molecule is CCc1ccc([C@H]2C[C@H](C)CCN2C(=O)Cn2cc(C(=O)O)nn2)o1.